The molecule has 2 fully saturated rings. The molecule has 1 amide bonds. The average molecular weight is 376 g/mol. The predicted molar refractivity (Wildman–Crippen MR) is 104 cm³/mol. The van der Waals surface area contributed by atoms with Gasteiger partial charge in [-0.05, 0) is 42.5 Å². The van der Waals surface area contributed by atoms with Crippen LogP contribution in [-0.4, -0.2) is 28.2 Å². The van der Waals surface area contributed by atoms with E-state index < -0.39 is 5.60 Å². The highest BCUT2D eigenvalue weighted by Crippen LogP contribution is 2.44. The SMILES string of the molecule is N#Cc1ccc(C2(O)CC3CCCC(C2)N3C(=O)OCc2ccccc2)cc1. The average Bonchev–Trinajstić information content (AvgIpc) is 2.72. The smallest absolute Gasteiger partial charge is 0.410 e. The summed E-state index contributed by atoms with van der Waals surface area (Å²) in [4.78, 5) is 14.7. The number of amides is 1. The molecule has 0 spiro atoms. The first-order chi connectivity index (χ1) is 13.6. The molecule has 2 bridgehead atoms. The predicted octanol–water partition coefficient (Wildman–Crippen LogP) is 4.10. The van der Waals surface area contributed by atoms with Gasteiger partial charge in [0.2, 0.25) is 0 Å². The number of nitriles is 1. The summed E-state index contributed by atoms with van der Waals surface area (Å²) in [5.41, 5.74) is 1.39. The van der Waals surface area contributed by atoms with Gasteiger partial charge in [0.15, 0.2) is 0 Å². The third-order valence-corrected chi connectivity index (χ3v) is 5.98. The molecule has 0 aromatic heterocycles. The molecule has 144 valence electrons. The summed E-state index contributed by atoms with van der Waals surface area (Å²) in [7, 11) is 0. The van der Waals surface area contributed by atoms with Gasteiger partial charge in [-0.15, -0.1) is 0 Å². The highest BCUT2D eigenvalue weighted by molar-refractivity contribution is 5.69. The molecule has 2 aliphatic rings. The van der Waals surface area contributed by atoms with Crippen LogP contribution in [-0.2, 0) is 16.9 Å². The van der Waals surface area contributed by atoms with Crippen LogP contribution < -0.4 is 0 Å². The number of carbonyl (C=O) groups excluding carboxylic acids is 1. The number of hydrogen-bond donors (Lipinski definition) is 1. The minimum Gasteiger partial charge on any atom is -0.445 e. The topological polar surface area (TPSA) is 73.6 Å². The number of nitrogens with zero attached hydrogens (tertiary/aromatic N) is 2. The van der Waals surface area contributed by atoms with Crippen molar-refractivity contribution in [2.75, 3.05) is 0 Å². The van der Waals surface area contributed by atoms with Gasteiger partial charge in [0, 0.05) is 24.9 Å². The zero-order chi connectivity index (χ0) is 19.6. The van der Waals surface area contributed by atoms with Gasteiger partial charge in [-0.3, -0.25) is 0 Å². The van der Waals surface area contributed by atoms with E-state index in [9.17, 15) is 9.90 Å². The van der Waals surface area contributed by atoms with E-state index in [4.69, 9.17) is 10.00 Å². The van der Waals surface area contributed by atoms with E-state index >= 15 is 0 Å². The summed E-state index contributed by atoms with van der Waals surface area (Å²) in [5, 5.41) is 20.4. The van der Waals surface area contributed by atoms with Gasteiger partial charge in [0.25, 0.3) is 0 Å². The third kappa shape index (κ3) is 3.61. The fourth-order valence-corrected chi connectivity index (χ4v) is 4.61. The van der Waals surface area contributed by atoms with Crippen molar-refractivity contribution in [3.63, 3.8) is 0 Å². The lowest BCUT2D eigenvalue weighted by atomic mass is 9.72. The monoisotopic (exact) mass is 376 g/mol. The third-order valence-electron chi connectivity index (χ3n) is 5.98. The maximum absolute atomic E-state index is 12.8. The van der Waals surface area contributed by atoms with Gasteiger partial charge in [0.05, 0.1) is 17.2 Å². The molecule has 2 saturated heterocycles. The zero-order valence-corrected chi connectivity index (χ0v) is 15.8. The Labute approximate surface area is 165 Å². The fourth-order valence-electron chi connectivity index (χ4n) is 4.61. The Kier molecular flexibility index (Phi) is 5.06. The second-order valence-corrected chi connectivity index (χ2v) is 7.81. The fraction of sp³-hybridized carbons (Fsp3) is 0.391. The molecule has 2 aromatic rings. The molecular formula is C23H24N2O3. The summed E-state index contributed by atoms with van der Waals surface area (Å²) in [6.45, 7) is 0.259. The van der Waals surface area contributed by atoms with E-state index in [0.717, 1.165) is 30.4 Å². The van der Waals surface area contributed by atoms with Crippen molar-refractivity contribution in [3.05, 3.63) is 71.3 Å². The number of rotatable bonds is 3. The molecule has 2 heterocycles. The Morgan fingerprint density at radius 1 is 1.11 bits per heavy atom. The van der Waals surface area contributed by atoms with E-state index in [1.54, 1.807) is 12.1 Å². The standard InChI is InChI=1S/C23H24N2O3/c24-15-17-9-11-19(12-10-17)23(27)13-20-7-4-8-21(14-23)25(20)22(26)28-16-18-5-2-1-3-6-18/h1-3,5-6,9-12,20-21,27H,4,7-8,13-14,16H2. The van der Waals surface area contributed by atoms with Crippen molar-refractivity contribution in [2.24, 2.45) is 0 Å². The van der Waals surface area contributed by atoms with Crippen molar-refractivity contribution in [1.29, 1.82) is 5.26 Å². The lowest BCUT2D eigenvalue weighted by Crippen LogP contribution is -2.58. The van der Waals surface area contributed by atoms with E-state index in [-0.39, 0.29) is 24.8 Å². The first-order valence-corrected chi connectivity index (χ1v) is 9.81. The summed E-state index contributed by atoms with van der Waals surface area (Å²) in [6.07, 6.45) is 3.50. The van der Waals surface area contributed by atoms with Gasteiger partial charge in [-0.25, -0.2) is 4.79 Å². The second-order valence-electron chi connectivity index (χ2n) is 7.81. The van der Waals surface area contributed by atoms with Gasteiger partial charge in [-0.2, -0.15) is 5.26 Å². The largest absolute Gasteiger partial charge is 0.445 e. The number of aliphatic hydroxyl groups is 1. The van der Waals surface area contributed by atoms with Crippen LogP contribution in [0.25, 0.3) is 0 Å². The van der Waals surface area contributed by atoms with Crippen molar-refractivity contribution in [1.82, 2.24) is 4.90 Å². The van der Waals surface area contributed by atoms with E-state index in [1.807, 2.05) is 47.4 Å². The van der Waals surface area contributed by atoms with Crippen LogP contribution >= 0.6 is 0 Å². The quantitative estimate of drug-likeness (QED) is 0.875. The van der Waals surface area contributed by atoms with Crippen molar-refractivity contribution in [3.8, 4) is 6.07 Å². The second kappa shape index (κ2) is 7.65. The Morgan fingerprint density at radius 2 is 1.75 bits per heavy atom. The molecule has 0 saturated carbocycles. The molecule has 4 rings (SSSR count). The normalized spacial score (nSPS) is 26.4. The van der Waals surface area contributed by atoms with Crippen LogP contribution in [0.2, 0.25) is 0 Å². The summed E-state index contributed by atoms with van der Waals surface area (Å²) in [6, 6.07) is 18.9. The minimum absolute atomic E-state index is 0.0311. The van der Waals surface area contributed by atoms with E-state index in [2.05, 4.69) is 6.07 Å². The first-order valence-electron chi connectivity index (χ1n) is 9.81. The molecule has 1 N–H and O–H groups in total. The Morgan fingerprint density at radius 3 is 2.36 bits per heavy atom. The van der Waals surface area contributed by atoms with Crippen molar-refractivity contribution < 1.29 is 14.6 Å². The molecule has 28 heavy (non-hydrogen) atoms. The van der Waals surface area contributed by atoms with Crippen molar-refractivity contribution >= 4 is 6.09 Å². The molecule has 5 heteroatoms. The number of piperidine rings is 2. The molecular weight excluding hydrogens is 352 g/mol. The number of ether oxygens (including phenoxy) is 1. The van der Waals surface area contributed by atoms with Gasteiger partial charge >= 0.3 is 6.09 Å². The molecule has 2 aromatic carbocycles. The lowest BCUT2D eigenvalue weighted by molar-refractivity contribution is -0.0896. The molecule has 5 nitrogen and oxygen atoms in total. The molecule has 2 unspecified atom stereocenters. The Bertz CT molecular complexity index is 859. The van der Waals surface area contributed by atoms with Crippen LogP contribution in [0.5, 0.6) is 0 Å². The van der Waals surface area contributed by atoms with Crippen molar-refractivity contribution in [2.45, 2.75) is 56.4 Å². The number of hydrogen-bond acceptors (Lipinski definition) is 4. The molecule has 2 atom stereocenters. The van der Waals surface area contributed by atoms with Crippen LogP contribution in [0.15, 0.2) is 54.6 Å². The Balaban J connectivity index is 1.48. The highest BCUT2D eigenvalue weighted by Gasteiger charge is 2.48. The summed E-state index contributed by atoms with van der Waals surface area (Å²) < 4.78 is 5.58. The Hall–Kier alpha value is -2.84. The van der Waals surface area contributed by atoms with Gasteiger partial charge < -0.3 is 14.7 Å². The summed E-state index contributed by atoms with van der Waals surface area (Å²) in [5.74, 6) is 0. The van der Waals surface area contributed by atoms with E-state index in [0.29, 0.717) is 18.4 Å². The molecule has 0 radical (unpaired) electrons. The number of carbonyl (C=O) groups is 1. The minimum atomic E-state index is -0.972. The van der Waals surface area contributed by atoms with Gasteiger partial charge in [0.1, 0.15) is 6.61 Å². The van der Waals surface area contributed by atoms with Crippen LogP contribution in [0.3, 0.4) is 0 Å². The van der Waals surface area contributed by atoms with Crippen LogP contribution in [0.1, 0.15) is 48.8 Å². The molecule has 2 aliphatic heterocycles. The summed E-state index contributed by atoms with van der Waals surface area (Å²) >= 11 is 0. The maximum atomic E-state index is 12.8. The van der Waals surface area contributed by atoms with Crippen LogP contribution in [0.4, 0.5) is 4.79 Å². The first kappa shape index (κ1) is 18.5. The van der Waals surface area contributed by atoms with Gasteiger partial charge in [-0.1, -0.05) is 42.5 Å². The highest BCUT2D eigenvalue weighted by atomic mass is 16.6. The lowest BCUT2D eigenvalue weighted by Gasteiger charge is -2.51. The number of fused-ring (bicyclic) bond motifs is 2. The molecule has 0 aliphatic carbocycles. The number of benzene rings is 2. The zero-order valence-electron chi connectivity index (χ0n) is 15.8. The van der Waals surface area contributed by atoms with Crippen LogP contribution in [0, 0.1) is 11.3 Å². The van der Waals surface area contributed by atoms with E-state index in [1.165, 1.54) is 0 Å². The maximum Gasteiger partial charge on any atom is 0.410 e.